The molecule has 0 saturated carbocycles. The highest BCUT2D eigenvalue weighted by atomic mass is 31.2. The standard InChI is InChI=1S/C8H17O7P/c1-4-5(9)6(10)7(13-2)8(15-4)16(11,12)14-3/h4-10H,1-3H3,(H,11,12)/t4-,5-,6+,7+,8-/m0/s1. The van der Waals surface area contributed by atoms with Gasteiger partial charge in [-0.1, -0.05) is 0 Å². The van der Waals surface area contributed by atoms with E-state index in [1.807, 2.05) is 0 Å². The van der Waals surface area contributed by atoms with E-state index in [1.165, 1.54) is 14.0 Å². The first-order valence-electron chi connectivity index (χ1n) is 4.77. The molecule has 8 heteroatoms. The maximum absolute atomic E-state index is 11.6. The molecule has 1 aliphatic heterocycles. The quantitative estimate of drug-likeness (QED) is 0.573. The van der Waals surface area contributed by atoms with E-state index in [0.717, 1.165) is 7.11 Å². The average molecular weight is 256 g/mol. The molecule has 3 N–H and O–H groups in total. The number of hydrogen-bond acceptors (Lipinski definition) is 6. The van der Waals surface area contributed by atoms with Gasteiger partial charge in [0.2, 0.25) is 0 Å². The third-order valence-corrected chi connectivity index (χ3v) is 4.24. The fourth-order valence-corrected chi connectivity index (χ4v) is 2.86. The number of hydrogen-bond donors (Lipinski definition) is 3. The Balaban J connectivity index is 2.95. The van der Waals surface area contributed by atoms with Crippen molar-refractivity contribution in [3.8, 4) is 0 Å². The fourth-order valence-electron chi connectivity index (χ4n) is 1.64. The molecule has 96 valence electrons. The summed E-state index contributed by atoms with van der Waals surface area (Å²) in [6.07, 6.45) is -4.35. The molecule has 0 aromatic rings. The topological polar surface area (TPSA) is 105 Å². The summed E-state index contributed by atoms with van der Waals surface area (Å²) >= 11 is 0. The minimum absolute atomic E-state index is 0.776. The molecule has 0 amide bonds. The van der Waals surface area contributed by atoms with Gasteiger partial charge in [-0.05, 0) is 6.92 Å². The summed E-state index contributed by atoms with van der Waals surface area (Å²) in [6.45, 7) is 1.49. The van der Waals surface area contributed by atoms with Crippen molar-refractivity contribution < 1.29 is 33.7 Å². The monoisotopic (exact) mass is 256 g/mol. The van der Waals surface area contributed by atoms with Crippen molar-refractivity contribution in [1.82, 2.24) is 0 Å². The molecular formula is C8H17O7P. The molecule has 7 nitrogen and oxygen atoms in total. The molecule has 0 radical (unpaired) electrons. The summed E-state index contributed by atoms with van der Waals surface area (Å²) in [5.41, 5.74) is 0. The predicted octanol–water partition coefficient (Wildman–Crippen LogP) is -0.700. The van der Waals surface area contributed by atoms with E-state index in [2.05, 4.69) is 4.52 Å². The molecule has 1 heterocycles. The second-order valence-electron chi connectivity index (χ2n) is 3.66. The van der Waals surface area contributed by atoms with Gasteiger partial charge in [-0.25, -0.2) is 0 Å². The van der Waals surface area contributed by atoms with Crippen LogP contribution in [0.15, 0.2) is 0 Å². The van der Waals surface area contributed by atoms with Gasteiger partial charge in [-0.2, -0.15) is 0 Å². The van der Waals surface area contributed by atoms with Gasteiger partial charge in [0.25, 0.3) is 0 Å². The van der Waals surface area contributed by atoms with E-state index in [1.54, 1.807) is 0 Å². The average Bonchev–Trinajstić information content (AvgIpc) is 2.25. The number of methoxy groups -OCH3 is 1. The van der Waals surface area contributed by atoms with E-state index in [0.29, 0.717) is 0 Å². The first-order chi connectivity index (χ1) is 7.35. The lowest BCUT2D eigenvalue weighted by Gasteiger charge is -2.41. The molecule has 16 heavy (non-hydrogen) atoms. The largest absolute Gasteiger partial charge is 0.388 e. The minimum Gasteiger partial charge on any atom is -0.388 e. The zero-order chi connectivity index (χ0) is 12.5. The van der Waals surface area contributed by atoms with Gasteiger partial charge in [0.05, 0.1) is 6.10 Å². The van der Waals surface area contributed by atoms with Crippen molar-refractivity contribution in [3.05, 3.63) is 0 Å². The van der Waals surface area contributed by atoms with Gasteiger partial charge in [0.1, 0.15) is 18.3 Å². The first kappa shape index (κ1) is 14.1. The third kappa shape index (κ3) is 2.46. The van der Waals surface area contributed by atoms with Gasteiger partial charge in [-0.15, -0.1) is 0 Å². The lowest BCUT2D eigenvalue weighted by atomic mass is 10.0. The van der Waals surface area contributed by atoms with E-state index in [4.69, 9.17) is 9.47 Å². The summed E-state index contributed by atoms with van der Waals surface area (Å²) in [4.78, 5) is 9.51. The molecule has 0 bridgehead atoms. The second kappa shape index (κ2) is 5.10. The SMILES string of the molecule is CO[C@@H]1[C@H](O)[C@@H](O)[C@H](C)O[C@H]1P(=O)(O)OC. The Morgan fingerprint density at radius 1 is 1.25 bits per heavy atom. The summed E-state index contributed by atoms with van der Waals surface area (Å²) < 4.78 is 26.1. The van der Waals surface area contributed by atoms with Crippen LogP contribution in [0.2, 0.25) is 0 Å². The maximum atomic E-state index is 11.6. The fraction of sp³-hybridized carbons (Fsp3) is 1.00. The molecule has 0 aromatic heterocycles. The third-order valence-electron chi connectivity index (χ3n) is 2.66. The van der Waals surface area contributed by atoms with Crippen molar-refractivity contribution in [2.75, 3.05) is 14.2 Å². The molecule has 0 spiro atoms. The van der Waals surface area contributed by atoms with Crippen molar-refractivity contribution in [3.63, 3.8) is 0 Å². The van der Waals surface area contributed by atoms with Gasteiger partial charge in [0, 0.05) is 14.2 Å². The molecular weight excluding hydrogens is 239 g/mol. The number of rotatable bonds is 3. The Bertz CT molecular complexity index is 284. The van der Waals surface area contributed by atoms with E-state index in [9.17, 15) is 19.7 Å². The number of aliphatic hydroxyl groups is 2. The summed E-state index contributed by atoms with van der Waals surface area (Å²) in [6, 6.07) is 0. The van der Waals surface area contributed by atoms with Crippen LogP contribution < -0.4 is 0 Å². The molecule has 0 aromatic carbocycles. The van der Waals surface area contributed by atoms with Crippen molar-refractivity contribution in [1.29, 1.82) is 0 Å². The molecule has 0 aliphatic carbocycles. The summed E-state index contributed by atoms with van der Waals surface area (Å²) in [5, 5.41) is 19.2. The highest BCUT2D eigenvalue weighted by molar-refractivity contribution is 7.53. The highest BCUT2D eigenvalue weighted by Crippen LogP contribution is 2.51. The smallest absolute Gasteiger partial charge is 0.359 e. The Morgan fingerprint density at radius 2 is 1.81 bits per heavy atom. The Labute approximate surface area is 93.5 Å². The van der Waals surface area contributed by atoms with Crippen molar-refractivity contribution >= 4 is 7.60 Å². The predicted molar refractivity (Wildman–Crippen MR) is 54.0 cm³/mol. The molecule has 1 rings (SSSR count). The van der Waals surface area contributed by atoms with Crippen LogP contribution in [-0.4, -0.2) is 59.6 Å². The Kier molecular flexibility index (Phi) is 4.48. The zero-order valence-electron chi connectivity index (χ0n) is 9.31. The van der Waals surface area contributed by atoms with Crippen molar-refractivity contribution in [2.45, 2.75) is 37.2 Å². The normalized spacial score (nSPS) is 44.0. The molecule has 6 atom stereocenters. The first-order valence-corrected chi connectivity index (χ1v) is 6.42. The van der Waals surface area contributed by atoms with Crippen LogP contribution in [0.4, 0.5) is 0 Å². The Hall–Kier alpha value is -0.0100. The highest BCUT2D eigenvalue weighted by Gasteiger charge is 2.51. The molecule has 1 fully saturated rings. The molecule has 1 saturated heterocycles. The van der Waals surface area contributed by atoms with E-state index in [-0.39, 0.29) is 0 Å². The van der Waals surface area contributed by atoms with Gasteiger partial charge >= 0.3 is 7.60 Å². The van der Waals surface area contributed by atoms with Crippen LogP contribution in [0.3, 0.4) is 0 Å². The molecule has 1 unspecified atom stereocenters. The minimum atomic E-state index is -4.04. The lowest BCUT2D eigenvalue weighted by Crippen LogP contribution is -2.57. The van der Waals surface area contributed by atoms with Crippen LogP contribution in [0.5, 0.6) is 0 Å². The second-order valence-corrected chi connectivity index (χ2v) is 5.66. The number of ether oxygens (including phenoxy) is 2. The van der Waals surface area contributed by atoms with Crippen LogP contribution in [0.25, 0.3) is 0 Å². The van der Waals surface area contributed by atoms with Crippen molar-refractivity contribution in [2.24, 2.45) is 0 Å². The maximum Gasteiger partial charge on any atom is 0.359 e. The number of aliphatic hydroxyl groups excluding tert-OH is 2. The summed E-state index contributed by atoms with van der Waals surface area (Å²) in [5.74, 6) is -1.31. The lowest BCUT2D eigenvalue weighted by molar-refractivity contribution is -0.206. The van der Waals surface area contributed by atoms with Gasteiger partial charge in [-0.3, -0.25) is 4.57 Å². The van der Waals surface area contributed by atoms with E-state index >= 15 is 0 Å². The molecule has 1 aliphatic rings. The van der Waals surface area contributed by atoms with Gasteiger partial charge < -0.3 is 29.1 Å². The van der Waals surface area contributed by atoms with Crippen LogP contribution in [0.1, 0.15) is 6.92 Å². The van der Waals surface area contributed by atoms with Crippen LogP contribution >= 0.6 is 7.60 Å². The Morgan fingerprint density at radius 3 is 2.25 bits per heavy atom. The van der Waals surface area contributed by atoms with Gasteiger partial charge in [0.15, 0.2) is 5.85 Å². The van der Waals surface area contributed by atoms with Crippen LogP contribution in [0, 0.1) is 0 Å². The summed E-state index contributed by atoms with van der Waals surface area (Å²) in [7, 11) is -1.72. The van der Waals surface area contributed by atoms with Crippen LogP contribution in [-0.2, 0) is 18.6 Å². The van der Waals surface area contributed by atoms with E-state index < -0.39 is 37.9 Å². The zero-order valence-corrected chi connectivity index (χ0v) is 10.2.